The first kappa shape index (κ1) is 8.59. The van der Waals surface area contributed by atoms with Crippen molar-refractivity contribution in [1.29, 1.82) is 0 Å². The first-order valence-corrected chi connectivity index (χ1v) is 3.60. The Kier molecular flexibility index (Phi) is 2.33. The zero-order valence-electron chi connectivity index (χ0n) is 7.29. The molecule has 0 aliphatic heterocycles. The number of hydrogen-bond donors (Lipinski definition) is 1. The molecule has 0 aliphatic rings. The number of rotatable bonds is 2. The minimum Gasteiger partial charge on any atom is -0.480 e. The van der Waals surface area contributed by atoms with Crippen LogP contribution >= 0.6 is 0 Å². The summed E-state index contributed by atoms with van der Waals surface area (Å²) in [6.45, 7) is 5.69. The summed E-state index contributed by atoms with van der Waals surface area (Å²) in [6, 6.07) is 1.80. The van der Waals surface area contributed by atoms with Crippen molar-refractivity contribution in [3.63, 3.8) is 0 Å². The molecule has 2 N–H and O–H groups in total. The minimum absolute atomic E-state index is 0.458. The van der Waals surface area contributed by atoms with E-state index in [0.717, 1.165) is 11.1 Å². The van der Waals surface area contributed by atoms with Gasteiger partial charge in [0.15, 0.2) is 0 Å². The summed E-state index contributed by atoms with van der Waals surface area (Å²) in [5.74, 6) is 0.458. The molecule has 0 radical (unpaired) electrons. The lowest BCUT2D eigenvalue weighted by atomic mass is 10.1. The monoisotopic (exact) mass is 164 g/mol. The van der Waals surface area contributed by atoms with Crippen LogP contribution in [0.15, 0.2) is 18.8 Å². The van der Waals surface area contributed by atoms with Crippen molar-refractivity contribution in [2.45, 2.75) is 6.92 Å². The van der Waals surface area contributed by atoms with Crippen LogP contribution in [0.1, 0.15) is 12.5 Å². The second kappa shape index (κ2) is 3.26. The van der Waals surface area contributed by atoms with E-state index in [1.165, 1.54) is 0 Å². The molecule has 1 heterocycles. The van der Waals surface area contributed by atoms with Crippen LogP contribution in [0.4, 0.5) is 5.69 Å². The maximum absolute atomic E-state index is 5.64. The third kappa shape index (κ3) is 1.56. The lowest BCUT2D eigenvalue weighted by Crippen LogP contribution is -1.96. The van der Waals surface area contributed by atoms with Crippen molar-refractivity contribution in [2.75, 3.05) is 12.8 Å². The molecule has 0 unspecified atom stereocenters. The van der Waals surface area contributed by atoms with Crippen LogP contribution in [0.25, 0.3) is 5.57 Å². The Morgan fingerprint density at radius 1 is 1.67 bits per heavy atom. The van der Waals surface area contributed by atoms with Gasteiger partial charge in [0.25, 0.3) is 0 Å². The molecule has 0 fully saturated rings. The molecule has 3 nitrogen and oxygen atoms in total. The molecule has 0 saturated heterocycles. The van der Waals surface area contributed by atoms with E-state index in [9.17, 15) is 0 Å². The molecule has 0 bridgehead atoms. The maximum Gasteiger partial charge on any atom is 0.236 e. The average molecular weight is 164 g/mol. The Bertz CT molecular complexity index is 307. The molecular weight excluding hydrogens is 152 g/mol. The first-order chi connectivity index (χ1) is 5.65. The lowest BCUT2D eigenvalue weighted by molar-refractivity contribution is 0.400. The second-order valence-corrected chi connectivity index (χ2v) is 2.60. The van der Waals surface area contributed by atoms with Crippen molar-refractivity contribution in [2.24, 2.45) is 0 Å². The van der Waals surface area contributed by atoms with Gasteiger partial charge in [0.1, 0.15) is 0 Å². The second-order valence-electron chi connectivity index (χ2n) is 2.60. The smallest absolute Gasteiger partial charge is 0.236 e. The van der Waals surface area contributed by atoms with Crippen LogP contribution in [-0.4, -0.2) is 12.1 Å². The van der Waals surface area contributed by atoms with Gasteiger partial charge in [0, 0.05) is 6.20 Å². The van der Waals surface area contributed by atoms with Crippen molar-refractivity contribution in [3.05, 3.63) is 24.4 Å². The minimum atomic E-state index is 0.458. The van der Waals surface area contributed by atoms with Crippen molar-refractivity contribution in [1.82, 2.24) is 4.98 Å². The van der Waals surface area contributed by atoms with Crippen LogP contribution in [0.2, 0.25) is 0 Å². The Labute approximate surface area is 71.9 Å². The van der Waals surface area contributed by atoms with Gasteiger partial charge in [-0.05, 0) is 24.1 Å². The van der Waals surface area contributed by atoms with Crippen molar-refractivity contribution in [3.8, 4) is 5.88 Å². The molecule has 0 spiro atoms. The van der Waals surface area contributed by atoms with E-state index in [-0.39, 0.29) is 0 Å². The average Bonchev–Trinajstić information content (AvgIpc) is 2.04. The van der Waals surface area contributed by atoms with Crippen LogP contribution in [0.3, 0.4) is 0 Å². The molecule has 64 valence electrons. The van der Waals surface area contributed by atoms with Gasteiger partial charge in [-0.3, -0.25) is 0 Å². The molecule has 12 heavy (non-hydrogen) atoms. The highest BCUT2D eigenvalue weighted by atomic mass is 16.5. The number of anilines is 1. The molecule has 0 atom stereocenters. The molecule has 1 rings (SSSR count). The van der Waals surface area contributed by atoms with Crippen molar-refractivity contribution < 1.29 is 4.74 Å². The van der Waals surface area contributed by atoms with E-state index in [0.29, 0.717) is 11.6 Å². The molecular formula is C9H12N2O. The summed E-state index contributed by atoms with van der Waals surface area (Å²) in [6.07, 6.45) is 1.69. The van der Waals surface area contributed by atoms with E-state index in [1.807, 2.05) is 6.92 Å². The predicted molar refractivity (Wildman–Crippen MR) is 49.9 cm³/mol. The maximum atomic E-state index is 5.64. The Hall–Kier alpha value is -1.51. The number of hydrogen-bond acceptors (Lipinski definition) is 3. The number of nitrogen functional groups attached to an aromatic ring is 1. The standard InChI is InChI=1S/C9H12N2O/c1-6(2)7-4-8(10)9(12-3)11-5-7/h4-5H,1,10H2,2-3H3. The SMILES string of the molecule is C=C(C)c1cnc(OC)c(N)c1. The van der Waals surface area contributed by atoms with Gasteiger partial charge in [0.05, 0.1) is 12.8 Å². The van der Waals surface area contributed by atoms with Crippen LogP contribution < -0.4 is 10.5 Å². The van der Waals surface area contributed by atoms with Crippen LogP contribution in [-0.2, 0) is 0 Å². The van der Waals surface area contributed by atoms with E-state index in [1.54, 1.807) is 19.4 Å². The van der Waals surface area contributed by atoms with Gasteiger partial charge in [-0.1, -0.05) is 6.58 Å². The van der Waals surface area contributed by atoms with E-state index in [4.69, 9.17) is 10.5 Å². The first-order valence-electron chi connectivity index (χ1n) is 3.60. The number of nitrogens with two attached hydrogens (primary N) is 1. The van der Waals surface area contributed by atoms with E-state index < -0.39 is 0 Å². The van der Waals surface area contributed by atoms with Gasteiger partial charge < -0.3 is 10.5 Å². The predicted octanol–water partition coefficient (Wildman–Crippen LogP) is 1.71. The normalized spacial score (nSPS) is 9.50. The van der Waals surface area contributed by atoms with Crippen LogP contribution in [0.5, 0.6) is 5.88 Å². The molecule has 0 aliphatic carbocycles. The Morgan fingerprint density at radius 3 is 2.75 bits per heavy atom. The zero-order valence-corrected chi connectivity index (χ0v) is 7.29. The number of pyridine rings is 1. The van der Waals surface area contributed by atoms with Gasteiger partial charge in [-0.15, -0.1) is 0 Å². The molecule has 3 heteroatoms. The third-order valence-corrected chi connectivity index (χ3v) is 1.56. The fourth-order valence-corrected chi connectivity index (χ4v) is 0.873. The summed E-state index contributed by atoms with van der Waals surface area (Å²) in [7, 11) is 1.54. The Morgan fingerprint density at radius 2 is 2.33 bits per heavy atom. The molecule has 0 aromatic carbocycles. The highest BCUT2D eigenvalue weighted by Crippen LogP contribution is 2.21. The molecule has 0 saturated carbocycles. The Balaban J connectivity index is 3.10. The van der Waals surface area contributed by atoms with Crippen molar-refractivity contribution >= 4 is 11.3 Å². The topological polar surface area (TPSA) is 48.1 Å². The number of allylic oxidation sites excluding steroid dienone is 1. The van der Waals surface area contributed by atoms with E-state index >= 15 is 0 Å². The number of aromatic nitrogens is 1. The summed E-state index contributed by atoms with van der Waals surface area (Å²) >= 11 is 0. The lowest BCUT2D eigenvalue weighted by Gasteiger charge is -2.04. The highest BCUT2D eigenvalue weighted by molar-refractivity contribution is 5.65. The van der Waals surface area contributed by atoms with Gasteiger partial charge in [0.2, 0.25) is 5.88 Å². The zero-order chi connectivity index (χ0) is 9.14. The third-order valence-electron chi connectivity index (χ3n) is 1.56. The fourth-order valence-electron chi connectivity index (χ4n) is 0.873. The highest BCUT2D eigenvalue weighted by Gasteiger charge is 2.01. The summed E-state index contributed by atoms with van der Waals surface area (Å²) in [5.41, 5.74) is 8.06. The summed E-state index contributed by atoms with van der Waals surface area (Å²) in [4.78, 5) is 4.01. The number of ether oxygens (including phenoxy) is 1. The van der Waals surface area contributed by atoms with Crippen LogP contribution in [0, 0.1) is 0 Å². The summed E-state index contributed by atoms with van der Waals surface area (Å²) < 4.78 is 4.91. The van der Waals surface area contributed by atoms with E-state index in [2.05, 4.69) is 11.6 Å². The largest absolute Gasteiger partial charge is 0.480 e. The number of nitrogens with zero attached hydrogens (tertiary/aromatic N) is 1. The molecule has 1 aromatic heterocycles. The molecule has 0 amide bonds. The quantitative estimate of drug-likeness (QED) is 0.723. The fraction of sp³-hybridized carbons (Fsp3) is 0.222. The molecule has 1 aromatic rings. The van der Waals surface area contributed by atoms with Gasteiger partial charge in [-0.2, -0.15) is 0 Å². The summed E-state index contributed by atoms with van der Waals surface area (Å²) in [5, 5.41) is 0. The number of methoxy groups -OCH3 is 1. The van der Waals surface area contributed by atoms with Gasteiger partial charge >= 0.3 is 0 Å². The van der Waals surface area contributed by atoms with Gasteiger partial charge in [-0.25, -0.2) is 4.98 Å².